The molecule has 1 aromatic rings. The van der Waals surface area contributed by atoms with Gasteiger partial charge in [-0.25, -0.2) is 0 Å². The van der Waals surface area contributed by atoms with Crippen LogP contribution >= 0.6 is 11.3 Å². The zero-order valence-electron chi connectivity index (χ0n) is 10.5. The fourth-order valence-corrected chi connectivity index (χ4v) is 2.46. The number of ether oxygens (including phenoxy) is 1. The van der Waals surface area contributed by atoms with Crippen LogP contribution in [-0.2, 0) is 11.2 Å². The summed E-state index contributed by atoms with van der Waals surface area (Å²) in [5.74, 6) is 0. The fourth-order valence-electron chi connectivity index (χ4n) is 1.78. The quantitative estimate of drug-likeness (QED) is 0.755. The van der Waals surface area contributed by atoms with Crippen molar-refractivity contribution in [2.45, 2.75) is 45.8 Å². The zero-order chi connectivity index (χ0) is 11.8. The molecule has 0 bridgehead atoms. The highest BCUT2D eigenvalue weighted by molar-refractivity contribution is 7.07. The molecule has 0 aliphatic carbocycles. The van der Waals surface area contributed by atoms with Crippen molar-refractivity contribution in [3.8, 4) is 0 Å². The predicted molar refractivity (Wildman–Crippen MR) is 71.2 cm³/mol. The molecule has 3 heteroatoms. The molecule has 0 fully saturated rings. The van der Waals surface area contributed by atoms with Crippen molar-refractivity contribution in [2.24, 2.45) is 0 Å². The molecule has 1 N–H and O–H groups in total. The van der Waals surface area contributed by atoms with Crippen LogP contribution < -0.4 is 5.32 Å². The van der Waals surface area contributed by atoms with E-state index in [1.165, 1.54) is 12.0 Å². The number of hydrogen-bond acceptors (Lipinski definition) is 3. The third-order valence-electron chi connectivity index (χ3n) is 2.69. The second-order valence-electron chi connectivity index (χ2n) is 4.06. The third-order valence-corrected chi connectivity index (χ3v) is 3.42. The first-order chi connectivity index (χ1) is 7.77. The average molecular weight is 241 g/mol. The molecular weight excluding hydrogens is 218 g/mol. The van der Waals surface area contributed by atoms with E-state index < -0.39 is 0 Å². The van der Waals surface area contributed by atoms with Crippen LogP contribution in [0.25, 0.3) is 0 Å². The first-order valence-electron chi connectivity index (χ1n) is 6.14. The van der Waals surface area contributed by atoms with E-state index in [1.54, 1.807) is 11.3 Å². The van der Waals surface area contributed by atoms with Gasteiger partial charge in [-0.1, -0.05) is 6.92 Å². The summed E-state index contributed by atoms with van der Waals surface area (Å²) in [4.78, 5) is 0. The molecule has 0 radical (unpaired) electrons. The molecule has 0 aliphatic rings. The second-order valence-corrected chi connectivity index (χ2v) is 4.84. The summed E-state index contributed by atoms with van der Waals surface area (Å²) >= 11 is 1.76. The van der Waals surface area contributed by atoms with E-state index in [0.29, 0.717) is 6.04 Å². The van der Waals surface area contributed by atoms with E-state index in [4.69, 9.17) is 4.74 Å². The Morgan fingerprint density at radius 2 is 2.25 bits per heavy atom. The lowest BCUT2D eigenvalue weighted by molar-refractivity contribution is 0.0476. The smallest absolute Gasteiger partial charge is 0.0703 e. The van der Waals surface area contributed by atoms with Crippen molar-refractivity contribution in [3.63, 3.8) is 0 Å². The Kier molecular flexibility index (Phi) is 6.69. The summed E-state index contributed by atoms with van der Waals surface area (Å²) < 4.78 is 5.69. The average Bonchev–Trinajstić information content (AvgIpc) is 2.77. The first-order valence-corrected chi connectivity index (χ1v) is 7.08. The number of thiophene rings is 1. The Morgan fingerprint density at radius 3 is 2.81 bits per heavy atom. The minimum Gasteiger partial charge on any atom is -0.377 e. The van der Waals surface area contributed by atoms with Gasteiger partial charge in [-0.2, -0.15) is 11.3 Å². The molecular formula is C13H23NOS. The summed E-state index contributed by atoms with van der Waals surface area (Å²) in [7, 11) is 0. The Morgan fingerprint density at radius 1 is 1.44 bits per heavy atom. The highest BCUT2D eigenvalue weighted by Crippen LogP contribution is 2.12. The van der Waals surface area contributed by atoms with Gasteiger partial charge < -0.3 is 10.1 Å². The standard InChI is InChI=1S/C13H23NOS/c1-4-7-14-13(11(3)15-5-2)9-12-6-8-16-10-12/h6,8,10-11,13-14H,4-5,7,9H2,1-3H3. The molecule has 1 heterocycles. The normalized spacial score (nSPS) is 14.9. The van der Waals surface area contributed by atoms with Crippen LogP contribution in [0.3, 0.4) is 0 Å². The molecule has 1 rings (SSSR count). The van der Waals surface area contributed by atoms with Crippen molar-refractivity contribution >= 4 is 11.3 Å². The van der Waals surface area contributed by atoms with Crippen LogP contribution in [0.4, 0.5) is 0 Å². The van der Waals surface area contributed by atoms with E-state index in [0.717, 1.165) is 19.6 Å². The highest BCUT2D eigenvalue weighted by Gasteiger charge is 2.17. The van der Waals surface area contributed by atoms with Gasteiger partial charge >= 0.3 is 0 Å². The van der Waals surface area contributed by atoms with Gasteiger partial charge in [0, 0.05) is 12.6 Å². The number of nitrogens with one attached hydrogen (secondary N) is 1. The zero-order valence-corrected chi connectivity index (χ0v) is 11.3. The van der Waals surface area contributed by atoms with Crippen molar-refractivity contribution < 1.29 is 4.74 Å². The molecule has 0 spiro atoms. The Hall–Kier alpha value is -0.380. The Balaban J connectivity index is 2.49. The summed E-state index contributed by atoms with van der Waals surface area (Å²) in [6.07, 6.45) is 2.50. The van der Waals surface area contributed by atoms with Gasteiger partial charge in [0.2, 0.25) is 0 Å². The molecule has 92 valence electrons. The van der Waals surface area contributed by atoms with Gasteiger partial charge in [0.05, 0.1) is 6.10 Å². The maximum absolute atomic E-state index is 5.69. The minimum absolute atomic E-state index is 0.274. The molecule has 0 aromatic carbocycles. The summed E-state index contributed by atoms with van der Waals surface area (Å²) in [6.45, 7) is 8.25. The Labute approximate surface area is 103 Å². The van der Waals surface area contributed by atoms with Crippen molar-refractivity contribution in [3.05, 3.63) is 22.4 Å². The number of hydrogen-bond donors (Lipinski definition) is 1. The molecule has 0 amide bonds. The maximum atomic E-state index is 5.69. The van der Waals surface area contributed by atoms with Crippen molar-refractivity contribution in [2.75, 3.05) is 13.2 Å². The summed E-state index contributed by atoms with van der Waals surface area (Å²) in [5, 5.41) is 7.93. The lowest BCUT2D eigenvalue weighted by Gasteiger charge is -2.24. The second kappa shape index (κ2) is 7.82. The van der Waals surface area contributed by atoms with Crippen molar-refractivity contribution in [1.82, 2.24) is 5.32 Å². The molecule has 2 nitrogen and oxygen atoms in total. The predicted octanol–water partition coefficient (Wildman–Crippen LogP) is 3.08. The van der Waals surface area contributed by atoms with Crippen LogP contribution in [-0.4, -0.2) is 25.3 Å². The maximum Gasteiger partial charge on any atom is 0.0703 e. The van der Waals surface area contributed by atoms with E-state index in [1.807, 2.05) is 0 Å². The summed E-state index contributed by atoms with van der Waals surface area (Å²) in [5.41, 5.74) is 1.41. The molecule has 1 aromatic heterocycles. The fraction of sp³-hybridized carbons (Fsp3) is 0.692. The monoisotopic (exact) mass is 241 g/mol. The third kappa shape index (κ3) is 4.64. The van der Waals surface area contributed by atoms with Gasteiger partial charge in [0.1, 0.15) is 0 Å². The molecule has 2 unspecified atom stereocenters. The lowest BCUT2D eigenvalue weighted by atomic mass is 10.0. The van der Waals surface area contributed by atoms with E-state index >= 15 is 0 Å². The van der Waals surface area contributed by atoms with Crippen LogP contribution in [0, 0.1) is 0 Å². The molecule has 2 atom stereocenters. The highest BCUT2D eigenvalue weighted by atomic mass is 32.1. The van der Waals surface area contributed by atoms with Gasteiger partial charge in [0.15, 0.2) is 0 Å². The number of rotatable bonds is 8. The first kappa shape index (κ1) is 13.7. The van der Waals surface area contributed by atoms with Crippen LogP contribution in [0.1, 0.15) is 32.8 Å². The van der Waals surface area contributed by atoms with Gasteiger partial charge in [-0.05, 0) is 55.6 Å². The van der Waals surface area contributed by atoms with Gasteiger partial charge in [0.25, 0.3) is 0 Å². The van der Waals surface area contributed by atoms with E-state index in [-0.39, 0.29) is 6.10 Å². The summed E-state index contributed by atoms with van der Waals surface area (Å²) in [6, 6.07) is 2.62. The molecule has 0 aliphatic heterocycles. The molecule has 0 saturated heterocycles. The minimum atomic E-state index is 0.274. The van der Waals surface area contributed by atoms with Crippen LogP contribution in [0.15, 0.2) is 16.8 Å². The largest absolute Gasteiger partial charge is 0.377 e. The van der Waals surface area contributed by atoms with Gasteiger partial charge in [-0.3, -0.25) is 0 Å². The molecule has 0 saturated carbocycles. The van der Waals surface area contributed by atoms with Crippen molar-refractivity contribution in [1.29, 1.82) is 0 Å². The van der Waals surface area contributed by atoms with E-state index in [2.05, 4.69) is 42.9 Å². The van der Waals surface area contributed by atoms with Gasteiger partial charge in [-0.15, -0.1) is 0 Å². The van der Waals surface area contributed by atoms with E-state index in [9.17, 15) is 0 Å². The van der Waals surface area contributed by atoms with Crippen LogP contribution in [0.2, 0.25) is 0 Å². The SMILES string of the molecule is CCCNC(Cc1ccsc1)C(C)OCC. The molecule has 16 heavy (non-hydrogen) atoms. The Bertz CT molecular complexity index is 261. The lowest BCUT2D eigenvalue weighted by Crippen LogP contribution is -2.41. The van der Waals surface area contributed by atoms with Crippen LogP contribution in [0.5, 0.6) is 0 Å². The topological polar surface area (TPSA) is 21.3 Å².